The van der Waals surface area contributed by atoms with Gasteiger partial charge >= 0.3 is 0 Å². The maximum Gasteiger partial charge on any atom is 0.191 e. The highest BCUT2D eigenvalue weighted by atomic mass is 28.4. The van der Waals surface area contributed by atoms with E-state index in [0.717, 1.165) is 49.1 Å². The Bertz CT molecular complexity index is 1060. The van der Waals surface area contributed by atoms with Crippen LogP contribution in [0.25, 0.3) is 0 Å². The molecular weight excluding hydrogens is 454 g/mol. The summed E-state index contributed by atoms with van der Waals surface area (Å²) in [5.74, 6) is 0. The smallest absolute Gasteiger partial charge is 0.191 e. The summed E-state index contributed by atoms with van der Waals surface area (Å²) in [5, 5.41) is 0.257. The van der Waals surface area contributed by atoms with Crippen LogP contribution in [0.3, 0.4) is 0 Å². The summed E-state index contributed by atoms with van der Waals surface area (Å²) in [4.78, 5) is 5.37. The zero-order chi connectivity index (χ0) is 26.0. The van der Waals surface area contributed by atoms with Crippen LogP contribution >= 0.6 is 0 Å². The van der Waals surface area contributed by atoms with Gasteiger partial charge in [0.1, 0.15) is 0 Å². The van der Waals surface area contributed by atoms with Crippen molar-refractivity contribution in [2.75, 3.05) is 6.61 Å². The van der Waals surface area contributed by atoms with Gasteiger partial charge in [0.25, 0.3) is 0 Å². The number of hydrogen-bond acceptors (Lipinski definition) is 2. The van der Waals surface area contributed by atoms with Gasteiger partial charge in [0.2, 0.25) is 0 Å². The lowest BCUT2D eigenvalue weighted by Gasteiger charge is -2.36. The number of benzene rings is 3. The Morgan fingerprint density at radius 2 is 1.31 bits per heavy atom. The van der Waals surface area contributed by atoms with Gasteiger partial charge in [0.15, 0.2) is 8.32 Å². The van der Waals surface area contributed by atoms with Gasteiger partial charge in [0.05, 0.1) is 11.8 Å². The molecule has 0 heterocycles. The first-order chi connectivity index (χ1) is 17.2. The number of aliphatic imine (C=N–C) groups is 1. The molecule has 1 unspecified atom stereocenters. The van der Waals surface area contributed by atoms with Crippen LogP contribution in [0, 0.1) is 0 Å². The zero-order valence-electron chi connectivity index (χ0n) is 22.8. The summed E-state index contributed by atoms with van der Waals surface area (Å²) in [6.07, 6.45) is 4.02. The third-order valence-electron chi connectivity index (χ3n) is 7.24. The predicted octanol–water partition coefficient (Wildman–Crippen LogP) is 9.40. The van der Waals surface area contributed by atoms with E-state index in [2.05, 4.69) is 131 Å². The van der Waals surface area contributed by atoms with Crippen molar-refractivity contribution in [3.63, 3.8) is 0 Å². The molecule has 0 fully saturated rings. The molecule has 0 aromatic heterocycles. The summed E-state index contributed by atoms with van der Waals surface area (Å²) >= 11 is 0. The number of nitrogens with zero attached hydrogens (tertiary/aromatic N) is 1. The molecule has 2 nitrogen and oxygen atoms in total. The van der Waals surface area contributed by atoms with E-state index in [-0.39, 0.29) is 11.1 Å². The lowest BCUT2D eigenvalue weighted by atomic mass is 9.95. The summed E-state index contributed by atoms with van der Waals surface area (Å²) < 4.78 is 6.36. The summed E-state index contributed by atoms with van der Waals surface area (Å²) in [6.45, 7) is 16.8. The molecule has 0 bridgehead atoms. The van der Waals surface area contributed by atoms with E-state index in [1.54, 1.807) is 0 Å². The average Bonchev–Trinajstić information content (AvgIpc) is 2.87. The average molecular weight is 498 g/mol. The molecule has 0 aliphatic heterocycles. The second-order valence-corrected chi connectivity index (χ2v) is 16.0. The number of unbranched alkanes of at least 4 members (excludes halogenated alkanes) is 1. The van der Waals surface area contributed by atoms with Gasteiger partial charge in [-0.2, -0.15) is 0 Å². The quantitative estimate of drug-likeness (QED) is 0.106. The highest BCUT2D eigenvalue weighted by Gasteiger charge is 2.36. The van der Waals surface area contributed by atoms with E-state index < -0.39 is 8.32 Å². The van der Waals surface area contributed by atoms with Crippen molar-refractivity contribution in [3.05, 3.63) is 120 Å². The van der Waals surface area contributed by atoms with Crippen molar-refractivity contribution in [2.45, 2.75) is 70.6 Å². The highest BCUT2D eigenvalue weighted by molar-refractivity contribution is 6.74. The molecule has 0 saturated carbocycles. The van der Waals surface area contributed by atoms with E-state index in [0.29, 0.717) is 0 Å². The fourth-order valence-electron chi connectivity index (χ4n) is 3.97. The fourth-order valence-corrected chi connectivity index (χ4v) is 5.06. The van der Waals surface area contributed by atoms with Crippen molar-refractivity contribution < 1.29 is 4.43 Å². The normalized spacial score (nSPS) is 12.7. The Labute approximate surface area is 220 Å². The molecule has 0 aliphatic carbocycles. The molecule has 190 valence electrons. The first-order valence-corrected chi connectivity index (χ1v) is 16.1. The minimum absolute atomic E-state index is 0.0255. The molecule has 1 atom stereocenters. The number of hydrogen-bond donors (Lipinski definition) is 0. The molecule has 36 heavy (non-hydrogen) atoms. The minimum Gasteiger partial charge on any atom is -0.417 e. The Morgan fingerprint density at radius 3 is 1.81 bits per heavy atom. The van der Waals surface area contributed by atoms with E-state index in [9.17, 15) is 0 Å². The molecule has 0 spiro atoms. The van der Waals surface area contributed by atoms with Crippen LogP contribution in [0.5, 0.6) is 0 Å². The Kier molecular flexibility index (Phi) is 10.0. The molecule has 3 aromatic carbocycles. The Hall–Kier alpha value is -2.75. The highest BCUT2D eigenvalue weighted by Crippen LogP contribution is 2.36. The SMILES string of the molecule is C=C(CCCCO[Si](C)(C)C(C)(C)C)CC(N=C(c1ccccc1)c1ccccc1)c1ccccc1. The lowest BCUT2D eigenvalue weighted by molar-refractivity contribution is 0.279. The molecule has 3 rings (SSSR count). The van der Waals surface area contributed by atoms with Gasteiger partial charge in [-0.3, -0.25) is 4.99 Å². The van der Waals surface area contributed by atoms with Crippen molar-refractivity contribution in [2.24, 2.45) is 4.99 Å². The first kappa shape index (κ1) is 27.8. The fraction of sp³-hybridized carbons (Fsp3) is 0.364. The van der Waals surface area contributed by atoms with Crippen molar-refractivity contribution >= 4 is 14.0 Å². The maximum absolute atomic E-state index is 6.36. The van der Waals surface area contributed by atoms with E-state index in [4.69, 9.17) is 9.42 Å². The topological polar surface area (TPSA) is 21.6 Å². The lowest BCUT2D eigenvalue weighted by Crippen LogP contribution is -2.40. The van der Waals surface area contributed by atoms with Crippen LogP contribution in [0.4, 0.5) is 0 Å². The summed E-state index contributed by atoms with van der Waals surface area (Å²) in [6, 6.07) is 31.7. The van der Waals surface area contributed by atoms with Gasteiger partial charge in [-0.1, -0.05) is 124 Å². The standard InChI is InChI=1S/C33H43NOSi/c1-27(18-16-17-25-35-36(5,6)33(2,3)4)26-31(28-19-10-7-11-20-28)34-32(29-21-12-8-13-22-29)30-23-14-9-15-24-30/h7-15,19-24,31H,1,16-18,25-26H2,2-6H3. The third kappa shape index (κ3) is 8.14. The molecule has 3 heteroatoms. The molecule has 0 N–H and O–H groups in total. The van der Waals surface area contributed by atoms with E-state index >= 15 is 0 Å². The molecule has 0 saturated heterocycles. The van der Waals surface area contributed by atoms with Crippen molar-refractivity contribution in [1.29, 1.82) is 0 Å². The van der Waals surface area contributed by atoms with Gasteiger partial charge in [-0.25, -0.2) is 0 Å². The van der Waals surface area contributed by atoms with Gasteiger partial charge in [0, 0.05) is 17.7 Å². The van der Waals surface area contributed by atoms with Crippen LogP contribution in [-0.4, -0.2) is 20.6 Å². The zero-order valence-corrected chi connectivity index (χ0v) is 23.8. The van der Waals surface area contributed by atoms with E-state index in [1.807, 2.05) is 0 Å². The van der Waals surface area contributed by atoms with Crippen LogP contribution in [0.15, 0.2) is 108 Å². The van der Waals surface area contributed by atoms with Gasteiger partial charge in [-0.15, -0.1) is 0 Å². The number of rotatable bonds is 12. The predicted molar refractivity (Wildman–Crippen MR) is 158 cm³/mol. The largest absolute Gasteiger partial charge is 0.417 e. The van der Waals surface area contributed by atoms with Crippen molar-refractivity contribution in [3.8, 4) is 0 Å². The van der Waals surface area contributed by atoms with Crippen molar-refractivity contribution in [1.82, 2.24) is 0 Å². The van der Waals surface area contributed by atoms with Crippen LogP contribution in [0.1, 0.15) is 69.2 Å². The molecule has 0 amide bonds. The second-order valence-electron chi connectivity index (χ2n) is 11.2. The van der Waals surface area contributed by atoms with Crippen LogP contribution in [-0.2, 0) is 4.43 Å². The Balaban J connectivity index is 1.73. The molecule has 0 radical (unpaired) electrons. The maximum atomic E-state index is 6.36. The minimum atomic E-state index is -1.68. The van der Waals surface area contributed by atoms with Gasteiger partial charge < -0.3 is 4.43 Å². The van der Waals surface area contributed by atoms with E-state index in [1.165, 1.54) is 11.1 Å². The second kappa shape index (κ2) is 13.0. The first-order valence-electron chi connectivity index (χ1n) is 13.2. The molecular formula is C33H43NOSi. The van der Waals surface area contributed by atoms with Gasteiger partial charge in [-0.05, 0) is 49.4 Å². The van der Waals surface area contributed by atoms with Crippen LogP contribution in [0.2, 0.25) is 18.1 Å². The third-order valence-corrected chi connectivity index (χ3v) is 11.8. The molecule has 3 aromatic rings. The summed E-state index contributed by atoms with van der Waals surface area (Å²) in [5.41, 5.74) is 5.78. The summed E-state index contributed by atoms with van der Waals surface area (Å²) in [7, 11) is -1.68. The Morgan fingerprint density at radius 1 is 0.806 bits per heavy atom. The van der Waals surface area contributed by atoms with Crippen LogP contribution < -0.4 is 0 Å². The monoisotopic (exact) mass is 497 g/mol. The molecule has 0 aliphatic rings.